The summed E-state index contributed by atoms with van der Waals surface area (Å²) in [5.41, 5.74) is 2.89. The Morgan fingerprint density at radius 3 is 2.73 bits per heavy atom. The van der Waals surface area contributed by atoms with Crippen LogP contribution in [-0.4, -0.2) is 26.6 Å². The SMILES string of the molecule is CN(c1ccncc1)c1ccc2ncc(-c3cccs3)n2n1. The second-order valence-electron chi connectivity index (χ2n) is 4.85. The highest BCUT2D eigenvalue weighted by atomic mass is 32.1. The summed E-state index contributed by atoms with van der Waals surface area (Å²) in [6.07, 6.45) is 5.42. The molecule has 0 aromatic carbocycles. The van der Waals surface area contributed by atoms with Crippen LogP contribution in [0.15, 0.2) is 60.4 Å². The summed E-state index contributed by atoms with van der Waals surface area (Å²) in [7, 11) is 1.99. The molecule has 0 radical (unpaired) electrons. The van der Waals surface area contributed by atoms with Crippen molar-refractivity contribution >= 4 is 28.5 Å². The Labute approximate surface area is 131 Å². The van der Waals surface area contributed by atoms with E-state index >= 15 is 0 Å². The van der Waals surface area contributed by atoms with E-state index in [9.17, 15) is 0 Å². The van der Waals surface area contributed by atoms with Crippen molar-refractivity contribution in [2.45, 2.75) is 0 Å². The highest BCUT2D eigenvalue weighted by Gasteiger charge is 2.11. The van der Waals surface area contributed by atoms with E-state index in [1.807, 2.05) is 53.0 Å². The zero-order valence-electron chi connectivity index (χ0n) is 11.9. The zero-order chi connectivity index (χ0) is 14.9. The Kier molecular flexibility index (Phi) is 3.08. The number of thiophene rings is 1. The largest absolute Gasteiger partial charge is 0.328 e. The number of pyridine rings is 1. The van der Waals surface area contributed by atoms with Crippen LogP contribution >= 0.6 is 11.3 Å². The number of rotatable bonds is 3. The maximum absolute atomic E-state index is 4.73. The highest BCUT2D eigenvalue weighted by molar-refractivity contribution is 7.13. The molecular weight excluding hydrogens is 294 g/mol. The Morgan fingerprint density at radius 1 is 1.09 bits per heavy atom. The molecule has 22 heavy (non-hydrogen) atoms. The first-order chi connectivity index (χ1) is 10.8. The fraction of sp³-hybridized carbons (Fsp3) is 0.0625. The molecule has 0 spiro atoms. The van der Waals surface area contributed by atoms with Crippen LogP contribution in [0.4, 0.5) is 11.5 Å². The van der Waals surface area contributed by atoms with E-state index in [0.29, 0.717) is 0 Å². The molecule has 0 saturated carbocycles. The lowest BCUT2D eigenvalue weighted by molar-refractivity contribution is 0.921. The molecule has 4 heterocycles. The van der Waals surface area contributed by atoms with Crippen LogP contribution in [0.1, 0.15) is 0 Å². The molecule has 0 amide bonds. The minimum Gasteiger partial charge on any atom is -0.328 e. The number of imidazole rings is 1. The van der Waals surface area contributed by atoms with Gasteiger partial charge in [0.2, 0.25) is 0 Å². The van der Waals surface area contributed by atoms with Crippen LogP contribution < -0.4 is 4.90 Å². The average Bonchev–Trinajstić information content (AvgIpc) is 3.23. The lowest BCUT2D eigenvalue weighted by Crippen LogP contribution is -2.12. The molecule has 0 atom stereocenters. The summed E-state index contributed by atoms with van der Waals surface area (Å²) in [6.45, 7) is 0. The smallest absolute Gasteiger partial charge is 0.154 e. The summed E-state index contributed by atoms with van der Waals surface area (Å²) in [4.78, 5) is 11.7. The van der Waals surface area contributed by atoms with Crippen molar-refractivity contribution < 1.29 is 0 Å². The first-order valence-corrected chi connectivity index (χ1v) is 7.73. The van der Waals surface area contributed by atoms with Crippen molar-refractivity contribution in [3.05, 3.63) is 60.4 Å². The third-order valence-electron chi connectivity index (χ3n) is 3.52. The minimum atomic E-state index is 0.843. The van der Waals surface area contributed by atoms with Crippen LogP contribution in [-0.2, 0) is 0 Å². The van der Waals surface area contributed by atoms with Gasteiger partial charge < -0.3 is 4.90 Å². The first kappa shape index (κ1) is 13.0. The second kappa shape index (κ2) is 5.23. The van der Waals surface area contributed by atoms with Crippen molar-refractivity contribution in [3.8, 4) is 10.6 Å². The number of hydrogen-bond acceptors (Lipinski definition) is 5. The fourth-order valence-corrected chi connectivity index (χ4v) is 3.06. The summed E-state index contributed by atoms with van der Waals surface area (Å²) in [5, 5.41) is 6.79. The molecule has 0 aliphatic rings. The third-order valence-corrected chi connectivity index (χ3v) is 4.41. The molecule has 4 aromatic heterocycles. The summed E-state index contributed by atoms with van der Waals surface area (Å²) in [6, 6.07) is 12.0. The van der Waals surface area contributed by atoms with Crippen LogP contribution in [0, 0.1) is 0 Å². The van der Waals surface area contributed by atoms with E-state index < -0.39 is 0 Å². The van der Waals surface area contributed by atoms with E-state index in [-0.39, 0.29) is 0 Å². The lowest BCUT2D eigenvalue weighted by Gasteiger charge is -2.17. The standard InChI is InChI=1S/C16H13N5S/c1-20(12-6-8-17-9-7-12)16-5-4-15-18-11-13(21(15)19-16)14-3-2-10-22-14/h2-11H,1H3. The maximum Gasteiger partial charge on any atom is 0.154 e. The first-order valence-electron chi connectivity index (χ1n) is 6.85. The van der Waals surface area contributed by atoms with Gasteiger partial charge in [0.25, 0.3) is 0 Å². The molecule has 5 nitrogen and oxygen atoms in total. The van der Waals surface area contributed by atoms with E-state index in [2.05, 4.69) is 21.4 Å². The van der Waals surface area contributed by atoms with Gasteiger partial charge in [-0.05, 0) is 35.7 Å². The summed E-state index contributed by atoms with van der Waals surface area (Å²) in [5.74, 6) is 0.856. The highest BCUT2D eigenvalue weighted by Crippen LogP contribution is 2.27. The Hall–Kier alpha value is -2.73. The molecule has 0 aliphatic carbocycles. The number of hydrogen-bond donors (Lipinski definition) is 0. The lowest BCUT2D eigenvalue weighted by atomic mass is 10.3. The molecule has 4 rings (SSSR count). The van der Waals surface area contributed by atoms with Gasteiger partial charge in [-0.3, -0.25) is 4.98 Å². The van der Waals surface area contributed by atoms with Crippen molar-refractivity contribution in [2.75, 3.05) is 11.9 Å². The van der Waals surface area contributed by atoms with Gasteiger partial charge in [-0.15, -0.1) is 16.4 Å². The van der Waals surface area contributed by atoms with Gasteiger partial charge in [0.05, 0.1) is 11.1 Å². The van der Waals surface area contributed by atoms with Crippen molar-refractivity contribution in [1.29, 1.82) is 0 Å². The monoisotopic (exact) mass is 307 g/mol. The van der Waals surface area contributed by atoms with Crippen LogP contribution in [0.2, 0.25) is 0 Å². The van der Waals surface area contributed by atoms with Crippen molar-refractivity contribution in [3.63, 3.8) is 0 Å². The van der Waals surface area contributed by atoms with Crippen LogP contribution in [0.5, 0.6) is 0 Å². The Morgan fingerprint density at radius 2 is 1.95 bits per heavy atom. The zero-order valence-corrected chi connectivity index (χ0v) is 12.7. The molecule has 0 unspecified atom stereocenters. The average molecular weight is 307 g/mol. The third kappa shape index (κ3) is 2.14. The topological polar surface area (TPSA) is 46.3 Å². The molecule has 0 aliphatic heterocycles. The predicted octanol–water partition coefficient (Wildman–Crippen LogP) is 3.62. The van der Waals surface area contributed by atoms with Crippen molar-refractivity contribution in [2.24, 2.45) is 0 Å². The van der Waals surface area contributed by atoms with Gasteiger partial charge in [0.1, 0.15) is 5.69 Å². The molecule has 108 valence electrons. The normalized spacial score (nSPS) is 11.0. The minimum absolute atomic E-state index is 0.843. The Bertz CT molecular complexity index is 899. The van der Waals surface area contributed by atoms with Gasteiger partial charge in [-0.25, -0.2) is 9.50 Å². The number of aromatic nitrogens is 4. The number of fused-ring (bicyclic) bond motifs is 1. The molecule has 0 fully saturated rings. The molecule has 0 saturated heterocycles. The van der Waals surface area contributed by atoms with Gasteiger partial charge in [-0.1, -0.05) is 6.07 Å². The van der Waals surface area contributed by atoms with Gasteiger partial charge >= 0.3 is 0 Å². The van der Waals surface area contributed by atoms with Gasteiger partial charge in [0.15, 0.2) is 11.5 Å². The van der Waals surface area contributed by atoms with E-state index in [1.54, 1.807) is 23.7 Å². The van der Waals surface area contributed by atoms with Crippen molar-refractivity contribution in [1.82, 2.24) is 19.6 Å². The van der Waals surface area contributed by atoms with Gasteiger partial charge in [0, 0.05) is 25.1 Å². The summed E-state index contributed by atoms with van der Waals surface area (Å²) < 4.78 is 1.89. The molecule has 6 heteroatoms. The fourth-order valence-electron chi connectivity index (χ4n) is 2.33. The van der Waals surface area contributed by atoms with Crippen LogP contribution in [0.25, 0.3) is 16.2 Å². The van der Waals surface area contributed by atoms with E-state index in [4.69, 9.17) is 5.10 Å². The summed E-state index contributed by atoms with van der Waals surface area (Å²) >= 11 is 1.68. The van der Waals surface area contributed by atoms with Gasteiger partial charge in [-0.2, -0.15) is 0 Å². The van der Waals surface area contributed by atoms with Crippen LogP contribution in [0.3, 0.4) is 0 Å². The molecular formula is C16H13N5S. The maximum atomic E-state index is 4.73. The quantitative estimate of drug-likeness (QED) is 0.580. The molecule has 4 aromatic rings. The Balaban J connectivity index is 1.82. The van der Waals surface area contributed by atoms with E-state index in [0.717, 1.165) is 27.7 Å². The second-order valence-corrected chi connectivity index (χ2v) is 5.79. The predicted molar refractivity (Wildman–Crippen MR) is 88.6 cm³/mol. The molecule has 0 N–H and O–H groups in total. The molecule has 0 bridgehead atoms. The number of anilines is 2. The van der Waals surface area contributed by atoms with E-state index in [1.165, 1.54) is 0 Å². The number of nitrogens with zero attached hydrogens (tertiary/aromatic N) is 5.